The Bertz CT molecular complexity index is 1280. The van der Waals surface area contributed by atoms with E-state index >= 15 is 0 Å². The van der Waals surface area contributed by atoms with Gasteiger partial charge in [-0.25, -0.2) is 9.78 Å². The van der Waals surface area contributed by atoms with Crippen LogP contribution in [0, 0.1) is 11.3 Å². The molecule has 184 valence electrons. The Morgan fingerprint density at radius 3 is 2.37 bits per heavy atom. The molecule has 8 nitrogen and oxygen atoms in total. The van der Waals surface area contributed by atoms with Crippen molar-refractivity contribution in [3.8, 4) is 11.8 Å². The highest BCUT2D eigenvalue weighted by Crippen LogP contribution is 2.35. The van der Waals surface area contributed by atoms with Crippen LogP contribution < -0.4 is 15.3 Å². The molecule has 0 radical (unpaired) electrons. The lowest BCUT2D eigenvalue weighted by molar-refractivity contribution is 0.0895. The first-order chi connectivity index (χ1) is 16.9. The first kappa shape index (κ1) is 24.7. The third-order valence-electron chi connectivity index (χ3n) is 7.29. The number of fused-ring (bicyclic) bond motifs is 1. The Hall–Kier alpha value is -3.44. The molecule has 1 fully saturated rings. The minimum Gasteiger partial charge on any atom is -0.497 e. The average Bonchev–Trinajstić information content (AvgIpc) is 2.90. The number of nitrogens with zero attached hydrogens (tertiary/aromatic N) is 6. The molecule has 0 N–H and O–H groups in total. The Morgan fingerprint density at radius 1 is 1.06 bits per heavy atom. The van der Waals surface area contributed by atoms with E-state index in [1.807, 2.05) is 12.1 Å². The van der Waals surface area contributed by atoms with Crippen LogP contribution in [0.15, 0.2) is 41.2 Å². The summed E-state index contributed by atoms with van der Waals surface area (Å²) >= 11 is 0. The third kappa shape index (κ3) is 4.61. The number of piperazine rings is 1. The van der Waals surface area contributed by atoms with E-state index < -0.39 is 0 Å². The van der Waals surface area contributed by atoms with Crippen LogP contribution in [0.25, 0.3) is 11.0 Å². The van der Waals surface area contributed by atoms with Gasteiger partial charge in [-0.2, -0.15) is 10.2 Å². The van der Waals surface area contributed by atoms with Crippen molar-refractivity contribution in [1.82, 2.24) is 19.4 Å². The summed E-state index contributed by atoms with van der Waals surface area (Å²) < 4.78 is 6.86. The third-order valence-corrected chi connectivity index (χ3v) is 7.29. The minimum atomic E-state index is -0.311. The number of rotatable bonds is 7. The number of nitriles is 1. The predicted octanol–water partition coefficient (Wildman–Crippen LogP) is 4.04. The van der Waals surface area contributed by atoms with E-state index in [4.69, 9.17) is 4.74 Å². The summed E-state index contributed by atoms with van der Waals surface area (Å²) in [6, 6.07) is 14.7. The highest BCUT2D eigenvalue weighted by Gasteiger charge is 2.37. The van der Waals surface area contributed by atoms with E-state index in [0.29, 0.717) is 28.6 Å². The zero-order valence-corrected chi connectivity index (χ0v) is 21.2. The molecule has 8 heteroatoms. The van der Waals surface area contributed by atoms with Crippen molar-refractivity contribution >= 4 is 16.9 Å². The summed E-state index contributed by atoms with van der Waals surface area (Å²) in [5, 5.41) is 9.44. The average molecular weight is 475 g/mol. The van der Waals surface area contributed by atoms with E-state index in [9.17, 15) is 10.1 Å². The molecule has 1 aliphatic heterocycles. The van der Waals surface area contributed by atoms with Crippen molar-refractivity contribution in [3.63, 3.8) is 0 Å². The van der Waals surface area contributed by atoms with Gasteiger partial charge < -0.3 is 9.64 Å². The van der Waals surface area contributed by atoms with Crippen LogP contribution >= 0.6 is 0 Å². The molecule has 1 saturated heterocycles. The van der Waals surface area contributed by atoms with Crippen LogP contribution in [-0.4, -0.2) is 51.7 Å². The van der Waals surface area contributed by atoms with Gasteiger partial charge in [-0.3, -0.25) is 9.47 Å². The van der Waals surface area contributed by atoms with Crippen LogP contribution in [0.3, 0.4) is 0 Å². The highest BCUT2D eigenvalue weighted by atomic mass is 16.5. The lowest BCUT2D eigenvalue weighted by Gasteiger charge is -2.49. The molecule has 0 amide bonds. The molecule has 3 heterocycles. The van der Waals surface area contributed by atoms with Crippen molar-refractivity contribution in [2.45, 2.75) is 58.2 Å². The first-order valence-electron chi connectivity index (χ1n) is 12.4. The molecule has 4 rings (SSSR count). The smallest absolute Gasteiger partial charge is 0.349 e. The Balaban J connectivity index is 1.75. The van der Waals surface area contributed by atoms with Crippen LogP contribution in [0.1, 0.15) is 57.3 Å². The summed E-state index contributed by atoms with van der Waals surface area (Å²) in [4.78, 5) is 26.7. The summed E-state index contributed by atoms with van der Waals surface area (Å²) in [6.45, 7) is 8.22. The van der Waals surface area contributed by atoms with Gasteiger partial charge in [0.2, 0.25) is 0 Å². The Labute approximate surface area is 206 Å². The lowest BCUT2D eigenvalue weighted by atomic mass is 9.95. The van der Waals surface area contributed by atoms with E-state index in [2.05, 4.69) is 58.7 Å². The number of ether oxygens (including phenoxy) is 1. The number of hydrogen-bond acceptors (Lipinski definition) is 7. The van der Waals surface area contributed by atoms with E-state index in [0.717, 1.165) is 38.1 Å². The molecule has 0 spiro atoms. The van der Waals surface area contributed by atoms with Crippen LogP contribution in [0.5, 0.6) is 5.75 Å². The van der Waals surface area contributed by atoms with Crippen molar-refractivity contribution < 1.29 is 4.74 Å². The fourth-order valence-corrected chi connectivity index (χ4v) is 5.29. The SMILES string of the molecule is CCC(c1ccc(OC)cc1)N1C[C@H](CC)N(c2nc(=O)n(C)c3ccc(C#N)nc23)C[C@H]1CC. The number of anilines is 1. The van der Waals surface area contributed by atoms with Gasteiger partial charge in [-0.05, 0) is 49.1 Å². The molecular weight excluding hydrogens is 440 g/mol. The molecule has 1 aromatic carbocycles. The Kier molecular flexibility index (Phi) is 7.37. The van der Waals surface area contributed by atoms with E-state index in [1.54, 1.807) is 26.3 Å². The fourth-order valence-electron chi connectivity index (χ4n) is 5.29. The highest BCUT2D eigenvalue weighted by molar-refractivity contribution is 5.86. The summed E-state index contributed by atoms with van der Waals surface area (Å²) in [5.41, 5.74) is 2.59. The molecular formula is C27H34N6O2. The van der Waals surface area contributed by atoms with Crippen LogP contribution in [0.4, 0.5) is 5.82 Å². The van der Waals surface area contributed by atoms with Crippen molar-refractivity contribution in [2.24, 2.45) is 7.05 Å². The molecule has 35 heavy (non-hydrogen) atoms. The molecule has 0 saturated carbocycles. The van der Waals surface area contributed by atoms with Crippen LogP contribution in [-0.2, 0) is 7.05 Å². The van der Waals surface area contributed by atoms with Gasteiger partial charge in [0.1, 0.15) is 23.0 Å². The summed E-state index contributed by atoms with van der Waals surface area (Å²) in [6.07, 6.45) is 2.88. The van der Waals surface area contributed by atoms with Crippen molar-refractivity contribution in [2.75, 3.05) is 25.1 Å². The second-order valence-electron chi connectivity index (χ2n) is 9.12. The molecule has 1 unspecified atom stereocenters. The van der Waals surface area contributed by atoms with Gasteiger partial charge in [0.15, 0.2) is 5.82 Å². The molecule has 1 aliphatic rings. The number of aryl methyl sites for hydroxylation is 1. The number of pyridine rings is 1. The molecule has 3 aromatic rings. The fraction of sp³-hybridized carbons (Fsp3) is 0.481. The van der Waals surface area contributed by atoms with E-state index in [-0.39, 0.29) is 17.8 Å². The second-order valence-corrected chi connectivity index (χ2v) is 9.12. The second kappa shape index (κ2) is 10.4. The zero-order chi connectivity index (χ0) is 25.1. The molecule has 0 bridgehead atoms. The number of aromatic nitrogens is 3. The van der Waals surface area contributed by atoms with Gasteiger partial charge in [0, 0.05) is 38.3 Å². The molecule has 0 aliphatic carbocycles. The topological polar surface area (TPSA) is 87.3 Å². The maximum absolute atomic E-state index is 12.8. The number of hydrogen-bond donors (Lipinski definition) is 0. The largest absolute Gasteiger partial charge is 0.497 e. The van der Waals surface area contributed by atoms with Crippen LogP contribution in [0.2, 0.25) is 0 Å². The minimum absolute atomic E-state index is 0.167. The number of methoxy groups -OCH3 is 1. The van der Waals surface area contributed by atoms with Gasteiger partial charge in [0.05, 0.1) is 12.6 Å². The summed E-state index contributed by atoms with van der Waals surface area (Å²) in [5.74, 6) is 1.45. The lowest BCUT2D eigenvalue weighted by Crippen LogP contribution is -2.59. The first-order valence-corrected chi connectivity index (χ1v) is 12.4. The maximum Gasteiger partial charge on any atom is 0.349 e. The number of benzene rings is 1. The van der Waals surface area contributed by atoms with E-state index in [1.165, 1.54) is 10.1 Å². The molecule has 3 atom stereocenters. The van der Waals surface area contributed by atoms with Crippen molar-refractivity contribution in [3.05, 3.63) is 58.1 Å². The standard InChI is InChI=1S/C27H34N6O2/c1-6-20-17-33(26-25-24(31(4)27(34)30-26)14-11-19(15-28)29-25)21(7-2)16-32(20)23(8-3)18-9-12-22(35-5)13-10-18/h9-14,20-21,23H,6-8,16-17H2,1-5H3/t20-,21+,23?/m1/s1. The monoisotopic (exact) mass is 474 g/mol. The van der Waals surface area contributed by atoms with Gasteiger partial charge in [0.25, 0.3) is 0 Å². The quantitative estimate of drug-likeness (QED) is 0.511. The van der Waals surface area contributed by atoms with Gasteiger partial charge in [-0.15, -0.1) is 0 Å². The van der Waals surface area contributed by atoms with Gasteiger partial charge in [-0.1, -0.05) is 32.9 Å². The molecule has 2 aromatic heterocycles. The Morgan fingerprint density at radius 2 is 1.77 bits per heavy atom. The predicted molar refractivity (Wildman–Crippen MR) is 138 cm³/mol. The van der Waals surface area contributed by atoms with Crippen molar-refractivity contribution in [1.29, 1.82) is 5.26 Å². The normalized spacial score (nSPS) is 19.5. The summed E-state index contributed by atoms with van der Waals surface area (Å²) in [7, 11) is 3.38. The maximum atomic E-state index is 12.8. The zero-order valence-electron chi connectivity index (χ0n) is 21.2. The van der Waals surface area contributed by atoms with Gasteiger partial charge >= 0.3 is 5.69 Å².